The molecule has 0 rings (SSSR count). The van der Waals surface area contributed by atoms with Gasteiger partial charge < -0.3 is 21.7 Å². The van der Waals surface area contributed by atoms with Gasteiger partial charge in [0.1, 0.15) is 0 Å². The van der Waals surface area contributed by atoms with E-state index in [0.29, 0.717) is 0 Å². The molecule has 0 aliphatic carbocycles. The Morgan fingerprint density at radius 1 is 0.800 bits per heavy atom. The molecule has 0 radical (unpaired) electrons. The predicted molar refractivity (Wildman–Crippen MR) is 56.5 cm³/mol. The molecule has 0 aliphatic rings. The minimum Gasteiger partial charge on any atom is -0.481 e. The maximum Gasteiger partial charge on any atom is 0.303 e. The Balaban J connectivity index is 0. The van der Waals surface area contributed by atoms with E-state index in [4.69, 9.17) is 21.7 Å². The number of rotatable bonds is 7. The molecule has 0 unspecified atom stereocenters. The number of nitrogens with two attached hydrogens (primary N) is 2. The van der Waals surface area contributed by atoms with Gasteiger partial charge in [-0.3, -0.25) is 9.59 Å². The molecule has 0 saturated carbocycles. The summed E-state index contributed by atoms with van der Waals surface area (Å²) in [6.45, 7) is 1.61. The molecule has 6 N–H and O–H groups in total. The standard InChI is InChI=1S/C5H14N2.C4H6O4/c6-4-2-1-3-5-7;5-3(6)1-2-4(7)8/h1-7H2;1-2H2,(H,5,6)(H,7,8). The zero-order valence-electron chi connectivity index (χ0n) is 8.82. The summed E-state index contributed by atoms with van der Waals surface area (Å²) in [4.78, 5) is 19.3. The first-order chi connectivity index (χ1) is 7.04. The minimum absolute atomic E-state index is 0.296. The average molecular weight is 220 g/mol. The first-order valence-electron chi connectivity index (χ1n) is 4.88. The van der Waals surface area contributed by atoms with Gasteiger partial charge in [-0.25, -0.2) is 0 Å². The summed E-state index contributed by atoms with van der Waals surface area (Å²) in [6, 6.07) is 0. The fourth-order valence-corrected chi connectivity index (χ4v) is 0.679. The highest BCUT2D eigenvalue weighted by molar-refractivity contribution is 5.75. The minimum atomic E-state index is -1.08. The second-order valence-corrected chi connectivity index (χ2v) is 2.93. The highest BCUT2D eigenvalue weighted by Crippen LogP contribution is 1.88. The van der Waals surface area contributed by atoms with Gasteiger partial charge in [0.25, 0.3) is 0 Å². The number of hydrogen-bond acceptors (Lipinski definition) is 4. The van der Waals surface area contributed by atoms with E-state index in [-0.39, 0.29) is 12.8 Å². The molecule has 0 spiro atoms. The molecule has 0 aliphatic heterocycles. The highest BCUT2D eigenvalue weighted by Gasteiger charge is 2.00. The molecule has 6 heteroatoms. The molecular formula is C9H20N2O4. The van der Waals surface area contributed by atoms with E-state index in [1.54, 1.807) is 0 Å². The number of carboxylic acid groups (broad SMARTS) is 2. The van der Waals surface area contributed by atoms with Gasteiger partial charge in [-0.1, -0.05) is 6.42 Å². The maximum absolute atomic E-state index is 9.64. The van der Waals surface area contributed by atoms with Gasteiger partial charge in [0.05, 0.1) is 12.8 Å². The third-order valence-electron chi connectivity index (χ3n) is 1.46. The number of aliphatic carboxylic acids is 2. The van der Waals surface area contributed by atoms with E-state index in [2.05, 4.69) is 0 Å². The Kier molecular flexibility index (Phi) is 14.0. The van der Waals surface area contributed by atoms with E-state index in [1.165, 1.54) is 6.42 Å². The molecule has 0 atom stereocenters. The van der Waals surface area contributed by atoms with Gasteiger partial charge >= 0.3 is 11.9 Å². The smallest absolute Gasteiger partial charge is 0.303 e. The van der Waals surface area contributed by atoms with Crippen LogP contribution in [0.2, 0.25) is 0 Å². The van der Waals surface area contributed by atoms with Gasteiger partial charge in [0.2, 0.25) is 0 Å². The van der Waals surface area contributed by atoms with Crippen LogP contribution in [0.5, 0.6) is 0 Å². The van der Waals surface area contributed by atoms with Gasteiger partial charge in [-0.2, -0.15) is 0 Å². The normalized spacial score (nSPS) is 8.93. The number of carbonyl (C=O) groups is 2. The number of hydrogen-bond donors (Lipinski definition) is 4. The lowest BCUT2D eigenvalue weighted by Gasteiger charge is -1.91. The van der Waals surface area contributed by atoms with Crippen molar-refractivity contribution in [1.29, 1.82) is 0 Å². The molecule has 6 nitrogen and oxygen atoms in total. The van der Waals surface area contributed by atoms with Gasteiger partial charge in [0, 0.05) is 0 Å². The van der Waals surface area contributed by atoms with E-state index < -0.39 is 11.9 Å². The first kappa shape index (κ1) is 16.3. The largest absolute Gasteiger partial charge is 0.481 e. The summed E-state index contributed by atoms with van der Waals surface area (Å²) < 4.78 is 0. The molecule has 0 fully saturated rings. The van der Waals surface area contributed by atoms with Crippen molar-refractivity contribution in [1.82, 2.24) is 0 Å². The molecule has 0 heterocycles. The van der Waals surface area contributed by atoms with Crippen LogP contribution < -0.4 is 11.5 Å². The van der Waals surface area contributed by atoms with Crippen molar-refractivity contribution < 1.29 is 19.8 Å². The lowest BCUT2D eigenvalue weighted by molar-refractivity contribution is -0.143. The topological polar surface area (TPSA) is 127 Å². The Morgan fingerprint density at radius 3 is 1.33 bits per heavy atom. The highest BCUT2D eigenvalue weighted by atomic mass is 16.4. The van der Waals surface area contributed by atoms with Crippen molar-refractivity contribution in [3.05, 3.63) is 0 Å². The maximum atomic E-state index is 9.64. The quantitative estimate of drug-likeness (QED) is 0.447. The zero-order valence-corrected chi connectivity index (χ0v) is 8.82. The molecule has 15 heavy (non-hydrogen) atoms. The fraction of sp³-hybridized carbons (Fsp3) is 0.778. The Hall–Kier alpha value is -1.14. The van der Waals surface area contributed by atoms with Gasteiger partial charge in [0.15, 0.2) is 0 Å². The summed E-state index contributed by atoms with van der Waals surface area (Å²) in [5.41, 5.74) is 10.5. The molecule has 0 bridgehead atoms. The Morgan fingerprint density at radius 2 is 1.13 bits per heavy atom. The van der Waals surface area contributed by atoms with Crippen LogP contribution in [0.4, 0.5) is 0 Å². The van der Waals surface area contributed by atoms with Crippen LogP contribution in [0.15, 0.2) is 0 Å². The molecular weight excluding hydrogens is 200 g/mol. The number of carboxylic acids is 2. The third-order valence-corrected chi connectivity index (χ3v) is 1.46. The summed E-state index contributed by atoms with van der Waals surface area (Å²) in [5.74, 6) is -2.15. The second kappa shape index (κ2) is 12.9. The van der Waals surface area contributed by atoms with Crippen LogP contribution in [-0.2, 0) is 9.59 Å². The third kappa shape index (κ3) is 24.6. The lowest BCUT2D eigenvalue weighted by Crippen LogP contribution is -2.02. The van der Waals surface area contributed by atoms with Crippen molar-refractivity contribution in [3.8, 4) is 0 Å². The second-order valence-electron chi connectivity index (χ2n) is 2.93. The van der Waals surface area contributed by atoms with Crippen molar-refractivity contribution in [2.75, 3.05) is 13.1 Å². The van der Waals surface area contributed by atoms with Crippen molar-refractivity contribution in [2.45, 2.75) is 32.1 Å². The first-order valence-corrected chi connectivity index (χ1v) is 4.88. The Bertz CT molecular complexity index is 155. The van der Waals surface area contributed by atoms with Crippen LogP contribution >= 0.6 is 0 Å². The predicted octanol–water partition coefficient (Wildman–Crippen LogP) is 0.00990. The van der Waals surface area contributed by atoms with Crippen molar-refractivity contribution in [3.63, 3.8) is 0 Å². The van der Waals surface area contributed by atoms with Gasteiger partial charge in [-0.15, -0.1) is 0 Å². The van der Waals surface area contributed by atoms with Crippen LogP contribution in [-0.4, -0.2) is 35.2 Å². The van der Waals surface area contributed by atoms with E-state index in [9.17, 15) is 9.59 Å². The number of unbranched alkanes of at least 4 members (excludes halogenated alkanes) is 2. The van der Waals surface area contributed by atoms with Crippen molar-refractivity contribution >= 4 is 11.9 Å². The molecule has 0 aromatic heterocycles. The average Bonchev–Trinajstić information content (AvgIpc) is 2.17. The molecule has 90 valence electrons. The molecule has 0 amide bonds. The Labute approximate surface area is 89.3 Å². The summed E-state index contributed by atoms with van der Waals surface area (Å²) in [6.07, 6.45) is 2.84. The van der Waals surface area contributed by atoms with Crippen LogP contribution in [0, 0.1) is 0 Å². The molecule has 0 saturated heterocycles. The van der Waals surface area contributed by atoms with Crippen LogP contribution in [0.3, 0.4) is 0 Å². The van der Waals surface area contributed by atoms with Crippen molar-refractivity contribution in [2.24, 2.45) is 11.5 Å². The monoisotopic (exact) mass is 220 g/mol. The van der Waals surface area contributed by atoms with E-state index in [0.717, 1.165) is 25.9 Å². The van der Waals surface area contributed by atoms with Gasteiger partial charge in [-0.05, 0) is 25.9 Å². The zero-order chi connectivity index (χ0) is 12.1. The summed E-state index contributed by atoms with van der Waals surface area (Å²) >= 11 is 0. The van der Waals surface area contributed by atoms with Crippen LogP contribution in [0.25, 0.3) is 0 Å². The SMILES string of the molecule is NCCCCCN.O=C(O)CCC(=O)O. The fourth-order valence-electron chi connectivity index (χ4n) is 0.679. The molecule has 0 aromatic rings. The van der Waals surface area contributed by atoms with E-state index in [1.807, 2.05) is 0 Å². The summed E-state index contributed by atoms with van der Waals surface area (Å²) in [7, 11) is 0. The van der Waals surface area contributed by atoms with Crippen LogP contribution in [0.1, 0.15) is 32.1 Å². The summed E-state index contributed by atoms with van der Waals surface area (Å²) in [5, 5.41) is 15.8. The lowest BCUT2D eigenvalue weighted by atomic mass is 10.2. The molecule has 0 aromatic carbocycles. The van der Waals surface area contributed by atoms with E-state index >= 15 is 0 Å².